The van der Waals surface area contributed by atoms with Crippen molar-refractivity contribution in [1.82, 2.24) is 0 Å². The molecule has 1 aliphatic heterocycles. The molecule has 2 aliphatic rings. The number of aryl methyl sites for hydroxylation is 2. The summed E-state index contributed by atoms with van der Waals surface area (Å²) in [6.45, 7) is 3.40. The van der Waals surface area contributed by atoms with E-state index in [9.17, 15) is 19.2 Å². The van der Waals surface area contributed by atoms with Gasteiger partial charge < -0.3 is 10.1 Å². The molecule has 1 saturated heterocycles. The standard InChI is InChI=1S/C31H30N2O5/c1-19-11-14-27(20(2)15-19)32-28(34)18-38-31(37)23-9-6-10-24(16-23)33-29(35)25-13-12-22(17-26(25)30(33)36)21-7-4-3-5-8-21/h3-11,14-16,22,25-26H,12-13,17-18H2,1-2H3,(H,32,34)/t22-,25+,26+/m0/s1. The quantitative estimate of drug-likeness (QED) is 0.365. The first-order valence-electron chi connectivity index (χ1n) is 12.9. The van der Waals surface area contributed by atoms with Crippen LogP contribution in [0.4, 0.5) is 11.4 Å². The highest BCUT2D eigenvalue weighted by molar-refractivity contribution is 6.22. The molecular weight excluding hydrogens is 480 g/mol. The van der Waals surface area contributed by atoms with E-state index >= 15 is 0 Å². The number of anilines is 2. The molecule has 194 valence electrons. The molecule has 5 rings (SSSR count). The van der Waals surface area contributed by atoms with E-state index < -0.39 is 18.5 Å². The fourth-order valence-electron chi connectivity index (χ4n) is 5.59. The molecular formula is C31H30N2O5. The fraction of sp³-hybridized carbons (Fsp3) is 0.290. The summed E-state index contributed by atoms with van der Waals surface area (Å²) in [5, 5.41) is 2.74. The molecule has 0 spiro atoms. The number of esters is 1. The van der Waals surface area contributed by atoms with Crippen LogP contribution >= 0.6 is 0 Å². The highest BCUT2D eigenvalue weighted by Gasteiger charge is 2.50. The molecule has 3 amide bonds. The summed E-state index contributed by atoms with van der Waals surface area (Å²) in [5.74, 6) is -2.07. The highest BCUT2D eigenvalue weighted by atomic mass is 16.5. The van der Waals surface area contributed by atoms with E-state index in [0.717, 1.165) is 17.5 Å². The molecule has 7 nitrogen and oxygen atoms in total. The van der Waals surface area contributed by atoms with Crippen LogP contribution in [0.3, 0.4) is 0 Å². The number of hydrogen-bond acceptors (Lipinski definition) is 5. The number of nitrogens with zero attached hydrogens (tertiary/aromatic N) is 1. The van der Waals surface area contributed by atoms with Gasteiger partial charge in [0.25, 0.3) is 5.91 Å². The van der Waals surface area contributed by atoms with Crippen LogP contribution in [0.5, 0.6) is 0 Å². The van der Waals surface area contributed by atoms with Crippen LogP contribution in [0.15, 0.2) is 72.8 Å². The van der Waals surface area contributed by atoms with Crippen molar-refractivity contribution in [1.29, 1.82) is 0 Å². The maximum absolute atomic E-state index is 13.4. The van der Waals surface area contributed by atoms with Crippen LogP contribution in [0.1, 0.15) is 52.2 Å². The first kappa shape index (κ1) is 25.4. The summed E-state index contributed by atoms with van der Waals surface area (Å²) in [4.78, 5) is 52.9. The van der Waals surface area contributed by atoms with E-state index in [2.05, 4.69) is 17.4 Å². The molecule has 3 atom stereocenters. The van der Waals surface area contributed by atoms with Gasteiger partial charge in [0.1, 0.15) is 0 Å². The number of fused-ring (bicyclic) bond motifs is 1. The molecule has 1 aliphatic carbocycles. The van der Waals surface area contributed by atoms with Crippen LogP contribution < -0.4 is 10.2 Å². The number of carbonyl (C=O) groups is 4. The SMILES string of the molecule is Cc1ccc(NC(=O)COC(=O)c2cccc(N3C(=O)[C@@H]4CC[C@H](c5ccccc5)C[C@H]4C3=O)c2)c(C)c1. The third-order valence-electron chi connectivity index (χ3n) is 7.53. The summed E-state index contributed by atoms with van der Waals surface area (Å²) in [6.07, 6.45) is 2.14. The van der Waals surface area contributed by atoms with Crippen molar-refractivity contribution in [3.63, 3.8) is 0 Å². The Labute approximate surface area is 221 Å². The lowest BCUT2D eigenvalue weighted by Gasteiger charge is -2.28. The highest BCUT2D eigenvalue weighted by Crippen LogP contribution is 2.45. The second-order valence-electron chi connectivity index (χ2n) is 10.1. The van der Waals surface area contributed by atoms with Gasteiger partial charge in [-0.2, -0.15) is 0 Å². The predicted molar refractivity (Wildman–Crippen MR) is 144 cm³/mol. The van der Waals surface area contributed by atoms with Gasteiger partial charge in [-0.3, -0.25) is 19.3 Å². The van der Waals surface area contributed by atoms with Gasteiger partial charge in [0.2, 0.25) is 11.8 Å². The van der Waals surface area contributed by atoms with Crippen molar-refractivity contribution < 1.29 is 23.9 Å². The lowest BCUT2D eigenvalue weighted by Crippen LogP contribution is -2.31. The Bertz CT molecular complexity index is 1400. The molecule has 2 fully saturated rings. The Balaban J connectivity index is 1.24. The number of benzene rings is 3. The largest absolute Gasteiger partial charge is 0.452 e. The number of nitrogens with one attached hydrogen (secondary N) is 1. The van der Waals surface area contributed by atoms with Crippen molar-refractivity contribution in [3.05, 3.63) is 95.1 Å². The summed E-state index contributed by atoms with van der Waals surface area (Å²) in [7, 11) is 0. The molecule has 7 heteroatoms. The smallest absolute Gasteiger partial charge is 0.338 e. The Morgan fingerprint density at radius 1 is 0.895 bits per heavy atom. The lowest BCUT2D eigenvalue weighted by atomic mass is 9.73. The molecule has 38 heavy (non-hydrogen) atoms. The average molecular weight is 511 g/mol. The van der Waals surface area contributed by atoms with Crippen LogP contribution in [-0.2, 0) is 19.1 Å². The molecule has 1 N–H and O–H groups in total. The van der Waals surface area contributed by atoms with Crippen LogP contribution in [-0.4, -0.2) is 30.3 Å². The Morgan fingerprint density at radius 3 is 2.42 bits per heavy atom. The summed E-state index contributed by atoms with van der Waals surface area (Å²) < 4.78 is 5.22. The van der Waals surface area contributed by atoms with Crippen molar-refractivity contribution >= 4 is 35.1 Å². The third kappa shape index (κ3) is 5.09. The molecule has 0 bridgehead atoms. The zero-order valence-electron chi connectivity index (χ0n) is 21.5. The van der Waals surface area contributed by atoms with Crippen molar-refractivity contribution in [2.75, 3.05) is 16.8 Å². The van der Waals surface area contributed by atoms with E-state index in [1.807, 2.05) is 44.2 Å². The van der Waals surface area contributed by atoms with Gasteiger partial charge in [-0.15, -0.1) is 0 Å². The topological polar surface area (TPSA) is 92.8 Å². The molecule has 1 heterocycles. The molecule has 0 unspecified atom stereocenters. The first-order chi connectivity index (χ1) is 18.3. The van der Waals surface area contributed by atoms with Gasteiger partial charge in [0.15, 0.2) is 6.61 Å². The number of amides is 3. The van der Waals surface area contributed by atoms with Crippen molar-refractivity contribution in [3.8, 4) is 0 Å². The normalized spacial score (nSPS) is 20.7. The zero-order chi connectivity index (χ0) is 26.8. The molecule has 3 aromatic rings. The summed E-state index contributed by atoms with van der Waals surface area (Å²) in [5.41, 5.74) is 4.35. The molecule has 0 aromatic heterocycles. The number of ether oxygens (including phenoxy) is 1. The third-order valence-corrected chi connectivity index (χ3v) is 7.53. The Hall–Kier alpha value is -4.26. The van der Waals surface area contributed by atoms with E-state index in [-0.39, 0.29) is 35.1 Å². The van der Waals surface area contributed by atoms with Gasteiger partial charge in [-0.1, -0.05) is 54.1 Å². The van der Waals surface area contributed by atoms with Crippen molar-refractivity contribution in [2.24, 2.45) is 11.8 Å². The van der Waals surface area contributed by atoms with E-state index in [0.29, 0.717) is 24.2 Å². The number of hydrogen-bond donors (Lipinski definition) is 1. The fourth-order valence-corrected chi connectivity index (χ4v) is 5.59. The number of carbonyl (C=O) groups excluding carboxylic acids is 4. The minimum Gasteiger partial charge on any atom is -0.452 e. The van der Waals surface area contributed by atoms with Gasteiger partial charge in [-0.25, -0.2) is 4.79 Å². The number of imide groups is 1. The number of rotatable bonds is 6. The van der Waals surface area contributed by atoms with Crippen LogP contribution in [0, 0.1) is 25.7 Å². The molecule has 3 aromatic carbocycles. The summed E-state index contributed by atoms with van der Waals surface area (Å²) >= 11 is 0. The van der Waals surface area contributed by atoms with Gasteiger partial charge in [0.05, 0.1) is 23.1 Å². The monoisotopic (exact) mass is 510 g/mol. The minimum atomic E-state index is -0.705. The van der Waals surface area contributed by atoms with Gasteiger partial charge in [0, 0.05) is 5.69 Å². The van der Waals surface area contributed by atoms with E-state index in [1.165, 1.54) is 22.6 Å². The van der Waals surface area contributed by atoms with E-state index in [1.54, 1.807) is 18.2 Å². The molecule has 0 radical (unpaired) electrons. The minimum absolute atomic E-state index is 0.166. The van der Waals surface area contributed by atoms with Crippen LogP contribution in [0.25, 0.3) is 0 Å². The molecule has 1 saturated carbocycles. The van der Waals surface area contributed by atoms with Crippen LogP contribution in [0.2, 0.25) is 0 Å². The second-order valence-corrected chi connectivity index (χ2v) is 10.1. The maximum atomic E-state index is 13.4. The first-order valence-corrected chi connectivity index (χ1v) is 12.9. The second kappa shape index (κ2) is 10.6. The van der Waals surface area contributed by atoms with Gasteiger partial charge in [-0.05, 0) is 74.4 Å². The van der Waals surface area contributed by atoms with E-state index in [4.69, 9.17) is 4.74 Å². The Kier molecular flexibility index (Phi) is 7.09. The van der Waals surface area contributed by atoms with Crippen molar-refractivity contribution in [2.45, 2.75) is 39.0 Å². The predicted octanol–water partition coefficient (Wildman–Crippen LogP) is 5.17. The zero-order valence-corrected chi connectivity index (χ0v) is 21.5. The average Bonchev–Trinajstić information content (AvgIpc) is 3.18. The maximum Gasteiger partial charge on any atom is 0.338 e. The lowest BCUT2D eigenvalue weighted by molar-refractivity contribution is -0.122. The summed E-state index contributed by atoms with van der Waals surface area (Å²) in [6, 6.07) is 22.0. The van der Waals surface area contributed by atoms with Gasteiger partial charge >= 0.3 is 5.97 Å². The Morgan fingerprint density at radius 2 is 1.66 bits per heavy atom.